The van der Waals surface area contributed by atoms with E-state index in [0.29, 0.717) is 10.0 Å². The van der Waals surface area contributed by atoms with Crippen LogP contribution in [0.5, 0.6) is 0 Å². The molecule has 4 rings (SSSR count). The van der Waals surface area contributed by atoms with Gasteiger partial charge in [0.25, 0.3) is 0 Å². The van der Waals surface area contributed by atoms with Gasteiger partial charge in [0.2, 0.25) is 5.91 Å². The van der Waals surface area contributed by atoms with Crippen molar-refractivity contribution in [2.45, 2.75) is 39.3 Å². The lowest BCUT2D eigenvalue weighted by molar-refractivity contribution is -0.127. The van der Waals surface area contributed by atoms with Crippen molar-refractivity contribution in [3.63, 3.8) is 0 Å². The molecule has 2 aromatic carbocycles. The SMILES string of the molecule is Cc1ccccc1C(NC(=O)C1CCN(Cc2ccc(Cl)c(Cl)c2)CC1)c1ncccc1C. The maximum Gasteiger partial charge on any atom is 0.224 e. The Kier molecular flexibility index (Phi) is 7.69. The number of hydrogen-bond acceptors (Lipinski definition) is 3. The topological polar surface area (TPSA) is 45.2 Å². The van der Waals surface area contributed by atoms with Crippen LogP contribution in [-0.2, 0) is 11.3 Å². The van der Waals surface area contributed by atoms with Crippen LogP contribution in [0.15, 0.2) is 60.8 Å². The van der Waals surface area contributed by atoms with Crippen LogP contribution >= 0.6 is 23.2 Å². The summed E-state index contributed by atoms with van der Waals surface area (Å²) in [5.74, 6) is 0.0908. The molecule has 4 nitrogen and oxygen atoms in total. The number of likely N-dealkylation sites (tertiary alicyclic amines) is 1. The number of pyridine rings is 1. The largest absolute Gasteiger partial charge is 0.343 e. The lowest BCUT2D eigenvalue weighted by Gasteiger charge is -2.32. The van der Waals surface area contributed by atoms with Crippen molar-refractivity contribution in [1.29, 1.82) is 0 Å². The molecule has 172 valence electrons. The summed E-state index contributed by atoms with van der Waals surface area (Å²) in [4.78, 5) is 20.3. The highest BCUT2D eigenvalue weighted by molar-refractivity contribution is 6.42. The van der Waals surface area contributed by atoms with Gasteiger partial charge in [0.15, 0.2) is 0 Å². The van der Waals surface area contributed by atoms with Crippen LogP contribution in [0, 0.1) is 19.8 Å². The molecule has 3 aromatic rings. The van der Waals surface area contributed by atoms with E-state index in [1.807, 2.05) is 49.4 Å². The van der Waals surface area contributed by atoms with Gasteiger partial charge >= 0.3 is 0 Å². The third-order valence-electron chi connectivity index (χ3n) is 6.46. The van der Waals surface area contributed by atoms with Gasteiger partial charge in [-0.2, -0.15) is 0 Å². The molecule has 1 amide bonds. The molecule has 1 atom stereocenters. The van der Waals surface area contributed by atoms with Crippen molar-refractivity contribution in [3.8, 4) is 0 Å². The molecule has 1 aliphatic heterocycles. The molecule has 33 heavy (non-hydrogen) atoms. The quantitative estimate of drug-likeness (QED) is 0.460. The van der Waals surface area contributed by atoms with Crippen LogP contribution in [0.25, 0.3) is 0 Å². The van der Waals surface area contributed by atoms with E-state index in [-0.39, 0.29) is 17.9 Å². The molecule has 0 spiro atoms. The van der Waals surface area contributed by atoms with Crippen LogP contribution in [0.3, 0.4) is 0 Å². The first kappa shape index (κ1) is 23.7. The summed E-state index contributed by atoms with van der Waals surface area (Å²) in [5.41, 5.74) is 5.34. The van der Waals surface area contributed by atoms with E-state index in [2.05, 4.69) is 34.3 Å². The van der Waals surface area contributed by atoms with E-state index in [1.165, 1.54) is 0 Å². The Bertz CT molecular complexity index is 1080. The van der Waals surface area contributed by atoms with E-state index in [4.69, 9.17) is 23.2 Å². The van der Waals surface area contributed by atoms with Crippen LogP contribution < -0.4 is 5.32 Å². The third-order valence-corrected chi connectivity index (χ3v) is 7.20. The van der Waals surface area contributed by atoms with Gasteiger partial charge in [0.1, 0.15) is 0 Å². The molecule has 0 bridgehead atoms. The molecule has 1 fully saturated rings. The first-order valence-corrected chi connectivity index (χ1v) is 12.1. The van der Waals surface area contributed by atoms with Crippen LogP contribution in [0.2, 0.25) is 10.0 Å². The van der Waals surface area contributed by atoms with Crippen molar-refractivity contribution < 1.29 is 4.79 Å². The minimum Gasteiger partial charge on any atom is -0.343 e. The van der Waals surface area contributed by atoms with Crippen LogP contribution in [0.4, 0.5) is 0 Å². The Morgan fingerprint density at radius 2 is 1.76 bits per heavy atom. The number of amides is 1. The van der Waals surface area contributed by atoms with Gasteiger partial charge in [-0.15, -0.1) is 0 Å². The van der Waals surface area contributed by atoms with Gasteiger partial charge < -0.3 is 5.32 Å². The minimum atomic E-state index is -0.255. The average molecular weight is 482 g/mol. The first-order chi connectivity index (χ1) is 15.9. The summed E-state index contributed by atoms with van der Waals surface area (Å²) in [6.45, 7) is 6.67. The number of nitrogens with zero attached hydrogens (tertiary/aromatic N) is 2. The summed E-state index contributed by atoms with van der Waals surface area (Å²) in [7, 11) is 0. The van der Waals surface area contributed by atoms with E-state index in [1.54, 1.807) is 6.20 Å². The number of aromatic nitrogens is 1. The van der Waals surface area contributed by atoms with Gasteiger partial charge in [-0.25, -0.2) is 0 Å². The molecule has 2 heterocycles. The second-order valence-electron chi connectivity index (χ2n) is 8.80. The highest BCUT2D eigenvalue weighted by Gasteiger charge is 2.29. The number of hydrogen-bond donors (Lipinski definition) is 1. The number of rotatable bonds is 6. The van der Waals surface area contributed by atoms with E-state index < -0.39 is 0 Å². The first-order valence-electron chi connectivity index (χ1n) is 11.4. The maximum absolute atomic E-state index is 13.3. The Morgan fingerprint density at radius 3 is 2.45 bits per heavy atom. The van der Waals surface area contributed by atoms with Crippen molar-refractivity contribution in [1.82, 2.24) is 15.2 Å². The van der Waals surface area contributed by atoms with Crippen molar-refractivity contribution in [2.24, 2.45) is 5.92 Å². The van der Waals surface area contributed by atoms with Gasteiger partial charge in [-0.1, -0.05) is 59.6 Å². The lowest BCUT2D eigenvalue weighted by Crippen LogP contribution is -2.41. The minimum absolute atomic E-state index is 0.00871. The fourth-order valence-corrected chi connectivity index (χ4v) is 4.83. The van der Waals surface area contributed by atoms with Crippen LogP contribution in [0.1, 0.15) is 46.8 Å². The van der Waals surface area contributed by atoms with Crippen molar-refractivity contribution in [2.75, 3.05) is 13.1 Å². The molecular weight excluding hydrogens is 453 g/mol. The monoisotopic (exact) mass is 481 g/mol. The molecular formula is C27H29Cl2N3O. The third kappa shape index (κ3) is 5.75. The molecule has 1 N–H and O–H groups in total. The molecule has 1 unspecified atom stereocenters. The zero-order valence-electron chi connectivity index (χ0n) is 19.0. The molecule has 0 saturated carbocycles. The number of benzene rings is 2. The highest BCUT2D eigenvalue weighted by Crippen LogP contribution is 2.28. The van der Waals surface area contributed by atoms with E-state index >= 15 is 0 Å². The fourth-order valence-electron chi connectivity index (χ4n) is 4.51. The Balaban J connectivity index is 1.43. The standard InChI is InChI=1S/C27H29Cl2N3O/c1-18-6-3-4-8-22(18)26(25-19(2)7-5-13-30-25)31-27(33)21-11-14-32(15-12-21)17-20-9-10-23(28)24(29)16-20/h3-10,13,16,21,26H,11-12,14-15,17H2,1-2H3,(H,31,33). The van der Waals surface area contributed by atoms with Crippen molar-refractivity contribution in [3.05, 3.63) is 98.8 Å². The second kappa shape index (κ2) is 10.7. The van der Waals surface area contributed by atoms with Gasteiger partial charge in [0, 0.05) is 18.7 Å². The molecule has 6 heteroatoms. The van der Waals surface area contributed by atoms with Gasteiger partial charge in [0.05, 0.1) is 21.8 Å². The predicted octanol–water partition coefficient (Wildman–Crippen LogP) is 6.12. The van der Waals surface area contributed by atoms with E-state index in [9.17, 15) is 4.79 Å². The number of piperidine rings is 1. The summed E-state index contributed by atoms with van der Waals surface area (Å²) in [6, 6.07) is 17.7. The molecule has 0 aliphatic carbocycles. The number of halogens is 2. The zero-order valence-corrected chi connectivity index (χ0v) is 20.5. The Hall–Kier alpha value is -2.40. The molecule has 1 aliphatic rings. The molecule has 1 aromatic heterocycles. The number of aryl methyl sites for hydroxylation is 2. The van der Waals surface area contributed by atoms with Crippen molar-refractivity contribution >= 4 is 29.1 Å². The Labute approximate surface area is 205 Å². The summed E-state index contributed by atoms with van der Waals surface area (Å²) < 4.78 is 0. The summed E-state index contributed by atoms with van der Waals surface area (Å²) in [5, 5.41) is 4.48. The number of nitrogens with one attached hydrogen (secondary N) is 1. The highest BCUT2D eigenvalue weighted by atomic mass is 35.5. The van der Waals surface area contributed by atoms with E-state index in [0.717, 1.165) is 60.4 Å². The Morgan fingerprint density at radius 1 is 1.03 bits per heavy atom. The average Bonchev–Trinajstić information content (AvgIpc) is 2.81. The molecule has 1 saturated heterocycles. The maximum atomic E-state index is 13.3. The van der Waals surface area contributed by atoms with Crippen LogP contribution in [-0.4, -0.2) is 28.9 Å². The fraction of sp³-hybridized carbons (Fsp3) is 0.333. The normalized spacial score (nSPS) is 15.9. The van der Waals surface area contributed by atoms with Gasteiger partial charge in [-0.3, -0.25) is 14.7 Å². The smallest absolute Gasteiger partial charge is 0.224 e. The summed E-state index contributed by atoms with van der Waals surface area (Å²) in [6.07, 6.45) is 3.45. The number of carbonyl (C=O) groups excluding carboxylic acids is 1. The summed E-state index contributed by atoms with van der Waals surface area (Å²) >= 11 is 12.2. The number of carbonyl (C=O) groups is 1. The van der Waals surface area contributed by atoms with Gasteiger partial charge in [-0.05, 0) is 80.2 Å². The molecule has 0 radical (unpaired) electrons. The lowest BCUT2D eigenvalue weighted by atomic mass is 9.92. The predicted molar refractivity (Wildman–Crippen MR) is 135 cm³/mol. The zero-order chi connectivity index (χ0) is 23.4. The second-order valence-corrected chi connectivity index (χ2v) is 9.62.